The van der Waals surface area contributed by atoms with Gasteiger partial charge in [0.05, 0.1) is 18.5 Å². The molecule has 1 amide bonds. The monoisotopic (exact) mass is 514 g/mol. The lowest BCUT2D eigenvalue weighted by Gasteiger charge is -2.25. The highest BCUT2D eigenvalue weighted by Gasteiger charge is 2.22. The predicted molar refractivity (Wildman–Crippen MR) is 144 cm³/mol. The molecule has 2 aliphatic rings. The Morgan fingerprint density at radius 1 is 0.892 bits per heavy atom. The van der Waals surface area contributed by atoms with E-state index in [0.29, 0.717) is 36.0 Å². The van der Waals surface area contributed by atoms with Crippen LogP contribution in [-0.4, -0.2) is 33.8 Å². The van der Waals surface area contributed by atoms with E-state index in [1.165, 1.54) is 27.1 Å². The summed E-state index contributed by atoms with van der Waals surface area (Å²) >= 11 is 0. The van der Waals surface area contributed by atoms with Crippen molar-refractivity contribution in [3.8, 4) is 11.5 Å². The van der Waals surface area contributed by atoms with Crippen LogP contribution in [0.15, 0.2) is 72.8 Å². The molecular weight excluding hydrogens is 488 g/mol. The summed E-state index contributed by atoms with van der Waals surface area (Å²) in [6, 6.07) is 22.4. The number of ether oxygens (including phenoxy) is 2. The van der Waals surface area contributed by atoms with E-state index >= 15 is 0 Å². The van der Waals surface area contributed by atoms with Crippen LogP contribution in [0.25, 0.3) is 10.8 Å². The normalized spacial score (nSPS) is 14.0. The molecule has 1 heterocycles. The smallest absolute Gasteiger partial charge is 0.255 e. The molecular formula is C29H26N2O5S. The fraction of sp³-hybridized carbons (Fsp3) is 0.207. The third-order valence-electron chi connectivity index (χ3n) is 6.88. The molecule has 6 rings (SSSR count). The van der Waals surface area contributed by atoms with Crippen molar-refractivity contribution >= 4 is 38.1 Å². The highest BCUT2D eigenvalue weighted by molar-refractivity contribution is 7.92. The molecule has 0 saturated carbocycles. The highest BCUT2D eigenvalue weighted by Crippen LogP contribution is 2.36. The van der Waals surface area contributed by atoms with Crippen molar-refractivity contribution in [1.29, 1.82) is 0 Å². The first-order chi connectivity index (χ1) is 17.9. The van der Waals surface area contributed by atoms with Gasteiger partial charge in [0, 0.05) is 22.7 Å². The lowest BCUT2D eigenvalue weighted by atomic mass is 10.0. The molecule has 1 aliphatic heterocycles. The van der Waals surface area contributed by atoms with Crippen LogP contribution in [0.2, 0.25) is 0 Å². The second kappa shape index (κ2) is 9.12. The van der Waals surface area contributed by atoms with E-state index in [2.05, 4.69) is 17.4 Å². The van der Waals surface area contributed by atoms with Crippen molar-refractivity contribution in [2.75, 3.05) is 29.1 Å². The SMILES string of the molecule is CS(=O)(=O)N(Cc1ccc(C(=O)Nc2ccc3c4c(cccc24)CC3)cc1)c1ccc2c(c1)OCCO2. The van der Waals surface area contributed by atoms with Gasteiger partial charge in [-0.25, -0.2) is 8.42 Å². The van der Waals surface area contributed by atoms with E-state index in [0.717, 1.165) is 29.5 Å². The summed E-state index contributed by atoms with van der Waals surface area (Å²) < 4.78 is 37.7. The van der Waals surface area contributed by atoms with Crippen LogP contribution in [0, 0.1) is 0 Å². The summed E-state index contributed by atoms with van der Waals surface area (Å²) in [5, 5.41) is 5.35. The van der Waals surface area contributed by atoms with Crippen molar-refractivity contribution in [1.82, 2.24) is 0 Å². The van der Waals surface area contributed by atoms with E-state index in [9.17, 15) is 13.2 Å². The molecule has 1 aliphatic carbocycles. The maximum absolute atomic E-state index is 13.1. The van der Waals surface area contributed by atoms with Crippen LogP contribution in [0.3, 0.4) is 0 Å². The third-order valence-corrected chi connectivity index (χ3v) is 8.02. The fourth-order valence-electron chi connectivity index (χ4n) is 5.06. The molecule has 0 radical (unpaired) electrons. The largest absolute Gasteiger partial charge is 0.486 e. The maximum atomic E-state index is 13.1. The number of carbonyl (C=O) groups is 1. The topological polar surface area (TPSA) is 84.9 Å². The molecule has 37 heavy (non-hydrogen) atoms. The van der Waals surface area contributed by atoms with Crippen LogP contribution < -0.4 is 19.1 Å². The van der Waals surface area contributed by atoms with Gasteiger partial charge in [-0.3, -0.25) is 9.10 Å². The van der Waals surface area contributed by atoms with E-state index in [1.807, 2.05) is 18.2 Å². The summed E-state index contributed by atoms with van der Waals surface area (Å²) in [7, 11) is -3.57. The minimum absolute atomic E-state index is 0.120. The van der Waals surface area contributed by atoms with Crippen LogP contribution in [0.1, 0.15) is 27.0 Å². The molecule has 0 saturated heterocycles. The van der Waals surface area contributed by atoms with Gasteiger partial charge in [0.15, 0.2) is 11.5 Å². The number of aryl methyl sites for hydroxylation is 2. The van der Waals surface area contributed by atoms with Crippen molar-refractivity contribution in [2.24, 2.45) is 0 Å². The Morgan fingerprint density at radius 2 is 1.62 bits per heavy atom. The van der Waals surface area contributed by atoms with E-state index in [-0.39, 0.29) is 12.5 Å². The summed E-state index contributed by atoms with van der Waals surface area (Å²) in [5.41, 5.74) is 5.17. The van der Waals surface area contributed by atoms with Gasteiger partial charge in [-0.1, -0.05) is 36.4 Å². The molecule has 188 valence electrons. The fourth-order valence-corrected chi connectivity index (χ4v) is 5.94. The number of carbonyl (C=O) groups excluding carboxylic acids is 1. The molecule has 8 heteroatoms. The summed E-state index contributed by atoms with van der Waals surface area (Å²) in [6.45, 7) is 1.000. The predicted octanol–water partition coefficient (Wildman–Crippen LogP) is 4.93. The minimum atomic E-state index is -3.57. The van der Waals surface area contributed by atoms with Crippen molar-refractivity contribution in [2.45, 2.75) is 19.4 Å². The quantitative estimate of drug-likeness (QED) is 0.395. The number of rotatable bonds is 6. The molecule has 0 aromatic heterocycles. The molecule has 0 spiro atoms. The van der Waals surface area contributed by atoms with Gasteiger partial charge in [-0.05, 0) is 65.3 Å². The second-order valence-corrected chi connectivity index (χ2v) is 11.3. The molecule has 4 aromatic carbocycles. The highest BCUT2D eigenvalue weighted by atomic mass is 32.2. The lowest BCUT2D eigenvalue weighted by Crippen LogP contribution is -2.29. The number of benzene rings is 4. The van der Waals surface area contributed by atoms with E-state index in [4.69, 9.17) is 9.47 Å². The Bertz CT molecular complexity index is 1620. The molecule has 0 fully saturated rings. The van der Waals surface area contributed by atoms with Crippen LogP contribution in [0.5, 0.6) is 11.5 Å². The van der Waals surface area contributed by atoms with Crippen molar-refractivity contribution < 1.29 is 22.7 Å². The second-order valence-electron chi connectivity index (χ2n) is 9.36. The first-order valence-electron chi connectivity index (χ1n) is 12.2. The number of nitrogens with zero attached hydrogens (tertiary/aromatic N) is 1. The van der Waals surface area contributed by atoms with Gasteiger partial charge in [-0.15, -0.1) is 0 Å². The third kappa shape index (κ3) is 4.49. The zero-order valence-corrected chi connectivity index (χ0v) is 21.2. The Morgan fingerprint density at radius 3 is 2.38 bits per heavy atom. The van der Waals surface area contributed by atoms with E-state index < -0.39 is 10.0 Å². The molecule has 0 atom stereocenters. The Labute approximate surface area is 215 Å². The molecule has 0 bridgehead atoms. The van der Waals surface area contributed by atoms with Crippen molar-refractivity contribution in [3.63, 3.8) is 0 Å². The maximum Gasteiger partial charge on any atom is 0.255 e. The van der Waals surface area contributed by atoms with Crippen LogP contribution in [0.4, 0.5) is 11.4 Å². The summed E-state index contributed by atoms with van der Waals surface area (Å²) in [4.78, 5) is 13.1. The number of hydrogen-bond donors (Lipinski definition) is 1. The minimum Gasteiger partial charge on any atom is -0.486 e. The number of anilines is 2. The van der Waals surface area contributed by atoms with Gasteiger partial charge in [-0.2, -0.15) is 0 Å². The molecule has 1 N–H and O–H groups in total. The first kappa shape index (κ1) is 23.4. The molecule has 0 unspecified atom stereocenters. The zero-order valence-electron chi connectivity index (χ0n) is 20.4. The molecule has 7 nitrogen and oxygen atoms in total. The van der Waals surface area contributed by atoms with Crippen molar-refractivity contribution in [3.05, 3.63) is 95.1 Å². The number of amides is 1. The Balaban J connectivity index is 1.22. The van der Waals surface area contributed by atoms with Gasteiger partial charge >= 0.3 is 0 Å². The zero-order chi connectivity index (χ0) is 25.6. The average Bonchev–Trinajstić information content (AvgIpc) is 3.33. The standard InChI is InChI=1S/C29H26N2O5S/c1-37(33,34)31(23-12-14-26-27(17-23)36-16-15-35-26)18-19-5-7-22(8-6-19)29(32)30-25-13-11-21-10-9-20-3-2-4-24(25)28(20)21/h2-8,11-14,17H,9-10,15-16,18H2,1H3,(H,30,32). The number of hydrogen-bond acceptors (Lipinski definition) is 5. The van der Waals surface area contributed by atoms with Gasteiger partial charge < -0.3 is 14.8 Å². The van der Waals surface area contributed by atoms with Gasteiger partial charge in [0.2, 0.25) is 10.0 Å². The van der Waals surface area contributed by atoms with Crippen LogP contribution >= 0.6 is 0 Å². The van der Waals surface area contributed by atoms with E-state index in [1.54, 1.807) is 42.5 Å². The Kier molecular flexibility index (Phi) is 5.76. The van der Waals surface area contributed by atoms with Gasteiger partial charge in [0.25, 0.3) is 5.91 Å². The summed E-state index contributed by atoms with van der Waals surface area (Å²) in [6.07, 6.45) is 3.23. The average molecular weight is 515 g/mol. The Hall–Kier alpha value is -4.04. The number of nitrogens with one attached hydrogen (secondary N) is 1. The molecule has 4 aromatic rings. The summed E-state index contributed by atoms with van der Waals surface area (Å²) in [5.74, 6) is 0.906. The van der Waals surface area contributed by atoms with Gasteiger partial charge in [0.1, 0.15) is 13.2 Å². The van der Waals surface area contributed by atoms with Crippen LogP contribution in [-0.2, 0) is 29.4 Å². The number of fused-ring (bicyclic) bond motifs is 1. The number of sulfonamides is 1. The lowest BCUT2D eigenvalue weighted by molar-refractivity contribution is 0.102. The first-order valence-corrected chi connectivity index (χ1v) is 14.0.